The first-order chi connectivity index (χ1) is 13.6. The van der Waals surface area contributed by atoms with Crippen molar-refractivity contribution in [1.29, 1.82) is 0 Å². The van der Waals surface area contributed by atoms with Crippen molar-refractivity contribution in [3.8, 4) is 5.69 Å². The number of aromatic nitrogens is 4. The number of hydrogen-bond acceptors (Lipinski definition) is 4. The van der Waals surface area contributed by atoms with Crippen LogP contribution in [-0.4, -0.2) is 43.5 Å². The van der Waals surface area contributed by atoms with Crippen LogP contribution >= 0.6 is 0 Å². The largest absolute Gasteiger partial charge is 0.465 e. The third kappa shape index (κ3) is 5.00. The molecule has 0 spiro atoms. The maximum absolute atomic E-state index is 12.7. The molecule has 0 bridgehead atoms. The smallest absolute Gasteiger partial charge is 0.412 e. The highest BCUT2D eigenvalue weighted by Crippen LogP contribution is 2.23. The quantitative estimate of drug-likeness (QED) is 0.702. The Hall–Kier alpha value is -3.63. The van der Waals surface area contributed by atoms with Gasteiger partial charge in [-0.15, -0.1) is 0 Å². The Labute approximate surface area is 162 Å². The summed E-state index contributed by atoms with van der Waals surface area (Å²) in [6, 6.07) is 6.89. The Balaban J connectivity index is 1.90. The predicted molar refractivity (Wildman–Crippen MR) is 97.3 cm³/mol. The van der Waals surface area contributed by atoms with E-state index in [0.717, 1.165) is 0 Å². The van der Waals surface area contributed by atoms with Crippen molar-refractivity contribution < 1.29 is 23.1 Å². The van der Waals surface area contributed by atoms with Gasteiger partial charge in [0.1, 0.15) is 17.9 Å². The SMILES string of the molecule is Cn1cc(-n2ccc(=O)c(Cc3cccc(N(CC(F)(F)F)C(=O)O)c3)n2)cn1. The van der Waals surface area contributed by atoms with Gasteiger partial charge in [-0.3, -0.25) is 14.4 Å². The molecule has 152 valence electrons. The number of hydrogen-bond donors (Lipinski definition) is 1. The third-order valence-electron chi connectivity index (χ3n) is 4.00. The topological polar surface area (TPSA) is 93.2 Å². The third-order valence-corrected chi connectivity index (χ3v) is 4.00. The summed E-state index contributed by atoms with van der Waals surface area (Å²) in [7, 11) is 1.73. The molecule has 0 aliphatic carbocycles. The summed E-state index contributed by atoms with van der Waals surface area (Å²) in [4.78, 5) is 23.6. The number of nitrogens with zero attached hydrogens (tertiary/aromatic N) is 5. The number of anilines is 1. The van der Waals surface area contributed by atoms with Crippen molar-refractivity contribution >= 4 is 11.8 Å². The number of rotatable bonds is 5. The summed E-state index contributed by atoms with van der Waals surface area (Å²) in [6.45, 7) is -1.64. The molecule has 0 fully saturated rings. The zero-order valence-corrected chi connectivity index (χ0v) is 15.2. The van der Waals surface area contributed by atoms with Crippen LogP contribution in [0.25, 0.3) is 5.69 Å². The lowest BCUT2D eigenvalue weighted by Crippen LogP contribution is -2.38. The molecule has 0 unspecified atom stereocenters. The van der Waals surface area contributed by atoms with Crippen LogP contribution in [0, 0.1) is 0 Å². The maximum atomic E-state index is 12.7. The summed E-state index contributed by atoms with van der Waals surface area (Å²) in [5.74, 6) is 0. The fraction of sp³-hybridized carbons (Fsp3) is 0.222. The Bertz CT molecular complexity index is 1090. The van der Waals surface area contributed by atoms with Gasteiger partial charge >= 0.3 is 12.3 Å². The highest BCUT2D eigenvalue weighted by Gasteiger charge is 2.34. The summed E-state index contributed by atoms with van der Waals surface area (Å²) in [5.41, 5.74) is 0.747. The lowest BCUT2D eigenvalue weighted by atomic mass is 10.1. The average molecular weight is 407 g/mol. The minimum Gasteiger partial charge on any atom is -0.465 e. The first kappa shape index (κ1) is 20.1. The number of benzene rings is 1. The first-order valence-electron chi connectivity index (χ1n) is 8.36. The van der Waals surface area contributed by atoms with Gasteiger partial charge in [-0.05, 0) is 17.7 Å². The summed E-state index contributed by atoms with van der Waals surface area (Å²) < 4.78 is 41.1. The standard InChI is InChI=1S/C18H16F3N5O3/c1-24-10-14(9-22-24)26-6-5-16(27)15(23-26)8-12-3-2-4-13(7-12)25(17(28)29)11-18(19,20)21/h2-7,9-10H,8,11H2,1H3,(H,28,29). The molecule has 0 aliphatic rings. The molecule has 1 aromatic carbocycles. The zero-order valence-electron chi connectivity index (χ0n) is 15.2. The van der Waals surface area contributed by atoms with Gasteiger partial charge in [0.05, 0.1) is 12.4 Å². The fourth-order valence-corrected chi connectivity index (χ4v) is 2.72. The second-order valence-electron chi connectivity index (χ2n) is 6.27. The van der Waals surface area contributed by atoms with Crippen molar-refractivity contribution in [3.63, 3.8) is 0 Å². The molecule has 2 aromatic heterocycles. The second-order valence-corrected chi connectivity index (χ2v) is 6.27. The number of aryl methyl sites for hydroxylation is 1. The molecule has 2 heterocycles. The van der Waals surface area contributed by atoms with E-state index in [0.29, 0.717) is 11.3 Å². The Morgan fingerprint density at radius 3 is 2.66 bits per heavy atom. The highest BCUT2D eigenvalue weighted by atomic mass is 19.4. The minimum atomic E-state index is -4.69. The number of halogens is 3. The van der Waals surface area contributed by atoms with Crippen LogP contribution < -0.4 is 10.3 Å². The van der Waals surface area contributed by atoms with Crippen LogP contribution in [0.2, 0.25) is 0 Å². The Kier molecular flexibility index (Phi) is 5.39. The minimum absolute atomic E-state index is 0.0211. The molecule has 0 saturated carbocycles. The molecular weight excluding hydrogens is 391 g/mol. The summed E-state index contributed by atoms with van der Waals surface area (Å²) in [6.07, 6.45) is -1.65. The number of carboxylic acid groups (broad SMARTS) is 1. The molecule has 0 atom stereocenters. The lowest BCUT2D eigenvalue weighted by Gasteiger charge is -2.21. The van der Waals surface area contributed by atoms with Crippen molar-refractivity contribution in [2.45, 2.75) is 12.6 Å². The first-order valence-corrected chi connectivity index (χ1v) is 8.36. The van der Waals surface area contributed by atoms with Crippen molar-refractivity contribution in [2.24, 2.45) is 7.05 Å². The molecule has 0 aliphatic heterocycles. The lowest BCUT2D eigenvalue weighted by molar-refractivity contribution is -0.119. The van der Waals surface area contributed by atoms with E-state index >= 15 is 0 Å². The second kappa shape index (κ2) is 7.78. The van der Waals surface area contributed by atoms with Crippen LogP contribution in [-0.2, 0) is 13.5 Å². The van der Waals surface area contributed by atoms with Gasteiger partial charge in [-0.2, -0.15) is 23.4 Å². The number of alkyl halides is 3. The van der Waals surface area contributed by atoms with Gasteiger partial charge in [0.2, 0.25) is 5.43 Å². The molecule has 1 amide bonds. The van der Waals surface area contributed by atoms with Gasteiger partial charge in [-0.25, -0.2) is 9.48 Å². The molecule has 0 saturated heterocycles. The van der Waals surface area contributed by atoms with E-state index in [1.54, 1.807) is 30.2 Å². The van der Waals surface area contributed by atoms with Gasteiger partial charge in [0.25, 0.3) is 0 Å². The molecule has 0 radical (unpaired) electrons. The molecule has 1 N–H and O–H groups in total. The maximum Gasteiger partial charge on any atom is 0.412 e. The van der Waals surface area contributed by atoms with Gasteiger partial charge in [-0.1, -0.05) is 12.1 Å². The van der Waals surface area contributed by atoms with E-state index in [1.165, 1.54) is 35.1 Å². The monoisotopic (exact) mass is 407 g/mol. The number of amides is 1. The fourth-order valence-electron chi connectivity index (χ4n) is 2.72. The molecule has 29 heavy (non-hydrogen) atoms. The summed E-state index contributed by atoms with van der Waals surface area (Å²) in [5, 5.41) is 17.4. The van der Waals surface area contributed by atoms with E-state index < -0.39 is 18.8 Å². The van der Waals surface area contributed by atoms with Crippen LogP contribution in [0.15, 0.2) is 53.7 Å². The van der Waals surface area contributed by atoms with Crippen LogP contribution in [0.1, 0.15) is 11.3 Å². The van der Waals surface area contributed by atoms with Gasteiger partial charge < -0.3 is 5.11 Å². The molecule has 3 rings (SSSR count). The molecule has 11 heteroatoms. The normalized spacial score (nSPS) is 11.4. The highest BCUT2D eigenvalue weighted by molar-refractivity contribution is 5.86. The van der Waals surface area contributed by atoms with E-state index in [4.69, 9.17) is 5.11 Å². The average Bonchev–Trinajstić information content (AvgIpc) is 3.07. The van der Waals surface area contributed by atoms with E-state index in [9.17, 15) is 22.8 Å². The van der Waals surface area contributed by atoms with Crippen molar-refractivity contribution in [1.82, 2.24) is 19.6 Å². The number of carbonyl (C=O) groups is 1. The zero-order chi connectivity index (χ0) is 21.2. The molecule has 8 nitrogen and oxygen atoms in total. The molecule has 3 aromatic rings. The van der Waals surface area contributed by atoms with Crippen molar-refractivity contribution in [2.75, 3.05) is 11.4 Å². The van der Waals surface area contributed by atoms with Crippen LogP contribution in [0.5, 0.6) is 0 Å². The molecular formula is C18H16F3N5O3. The van der Waals surface area contributed by atoms with E-state index in [1.807, 2.05) is 0 Å². The van der Waals surface area contributed by atoms with Crippen LogP contribution in [0.3, 0.4) is 0 Å². The predicted octanol–water partition coefficient (Wildman–Crippen LogP) is 2.60. The summed E-state index contributed by atoms with van der Waals surface area (Å²) >= 11 is 0. The van der Waals surface area contributed by atoms with Crippen molar-refractivity contribution in [3.05, 3.63) is 70.4 Å². The van der Waals surface area contributed by atoms with Gasteiger partial charge in [0.15, 0.2) is 0 Å². The van der Waals surface area contributed by atoms with E-state index in [-0.39, 0.29) is 28.1 Å². The Morgan fingerprint density at radius 1 is 1.28 bits per heavy atom. The Morgan fingerprint density at radius 2 is 2.03 bits per heavy atom. The van der Waals surface area contributed by atoms with Gasteiger partial charge in [0, 0.05) is 31.4 Å². The van der Waals surface area contributed by atoms with E-state index in [2.05, 4.69) is 10.2 Å². The van der Waals surface area contributed by atoms with Crippen LogP contribution in [0.4, 0.5) is 23.7 Å².